The number of rotatable bonds is 5. The van der Waals surface area contributed by atoms with Gasteiger partial charge in [0.25, 0.3) is 5.56 Å². The van der Waals surface area contributed by atoms with Crippen LogP contribution in [0.5, 0.6) is 0 Å². The molecule has 3 N–H and O–H groups in total. The van der Waals surface area contributed by atoms with E-state index in [0.717, 1.165) is 6.42 Å². The zero-order chi connectivity index (χ0) is 14.6. The van der Waals surface area contributed by atoms with Crippen molar-refractivity contribution in [3.63, 3.8) is 0 Å². The minimum absolute atomic E-state index is 0.0139. The van der Waals surface area contributed by atoms with Gasteiger partial charge in [-0.1, -0.05) is 13.8 Å². The Labute approximate surface area is 121 Å². The molecule has 0 aliphatic heterocycles. The van der Waals surface area contributed by atoms with E-state index in [1.165, 1.54) is 10.8 Å². The molecule has 19 heavy (non-hydrogen) atoms. The second-order valence-electron chi connectivity index (χ2n) is 4.99. The largest absolute Gasteiger partial charge is 0.397 e. The van der Waals surface area contributed by atoms with Gasteiger partial charge in [-0.3, -0.25) is 9.59 Å². The number of carbonyl (C=O) groups excluding carboxylic acids is 1. The smallest absolute Gasteiger partial charge is 0.265 e. The molecule has 0 aliphatic rings. The molecule has 0 spiro atoms. The van der Waals surface area contributed by atoms with Crippen LogP contribution in [-0.4, -0.2) is 17.0 Å². The molecule has 0 aliphatic carbocycles. The number of nitrogens with one attached hydrogen (secondary N) is 1. The van der Waals surface area contributed by atoms with E-state index < -0.39 is 0 Å². The molecule has 1 aromatic rings. The van der Waals surface area contributed by atoms with Crippen LogP contribution in [0.2, 0.25) is 0 Å². The van der Waals surface area contributed by atoms with Crippen LogP contribution in [0.4, 0.5) is 5.69 Å². The fourth-order valence-corrected chi connectivity index (χ4v) is 2.02. The van der Waals surface area contributed by atoms with E-state index in [4.69, 9.17) is 5.73 Å². The predicted octanol–water partition coefficient (Wildman–Crippen LogP) is 1.66. The fourth-order valence-electron chi connectivity index (χ4n) is 1.56. The lowest BCUT2D eigenvalue weighted by molar-refractivity contribution is -0.121. The Morgan fingerprint density at radius 2 is 2.16 bits per heavy atom. The van der Waals surface area contributed by atoms with Crippen LogP contribution in [0.15, 0.2) is 15.5 Å². The second kappa shape index (κ2) is 6.75. The molecule has 6 heteroatoms. The molecular weight excluding hydrogens is 310 g/mol. The highest BCUT2D eigenvalue weighted by atomic mass is 79.9. The van der Waals surface area contributed by atoms with E-state index in [2.05, 4.69) is 35.1 Å². The SMILES string of the molecule is Cc1c(N)cn(CC(=O)NCCC(C)C)c(=O)c1Br. The number of amides is 1. The number of hydrogen-bond acceptors (Lipinski definition) is 3. The number of nitrogens with two attached hydrogens (primary N) is 1. The van der Waals surface area contributed by atoms with Crippen molar-refractivity contribution in [2.75, 3.05) is 12.3 Å². The molecule has 0 aromatic carbocycles. The summed E-state index contributed by atoms with van der Waals surface area (Å²) in [6.45, 7) is 6.55. The molecular formula is C13H20BrN3O2. The van der Waals surface area contributed by atoms with Gasteiger partial charge in [-0.05, 0) is 40.8 Å². The van der Waals surface area contributed by atoms with Crippen LogP contribution in [-0.2, 0) is 11.3 Å². The van der Waals surface area contributed by atoms with Crippen LogP contribution in [0.1, 0.15) is 25.8 Å². The lowest BCUT2D eigenvalue weighted by Gasteiger charge is -2.11. The van der Waals surface area contributed by atoms with E-state index in [1.54, 1.807) is 6.92 Å². The Morgan fingerprint density at radius 1 is 1.53 bits per heavy atom. The highest BCUT2D eigenvalue weighted by Crippen LogP contribution is 2.16. The summed E-state index contributed by atoms with van der Waals surface area (Å²) < 4.78 is 1.72. The van der Waals surface area contributed by atoms with Crippen LogP contribution in [0.3, 0.4) is 0 Å². The number of aromatic nitrogens is 1. The number of pyridine rings is 1. The van der Waals surface area contributed by atoms with Gasteiger partial charge in [-0.2, -0.15) is 0 Å². The predicted molar refractivity (Wildman–Crippen MR) is 80.0 cm³/mol. The molecule has 0 atom stereocenters. The second-order valence-corrected chi connectivity index (χ2v) is 5.78. The zero-order valence-electron chi connectivity index (χ0n) is 11.5. The summed E-state index contributed by atoms with van der Waals surface area (Å²) >= 11 is 3.20. The van der Waals surface area contributed by atoms with Crippen LogP contribution in [0.25, 0.3) is 0 Å². The maximum atomic E-state index is 11.9. The van der Waals surface area contributed by atoms with Crippen molar-refractivity contribution in [2.45, 2.75) is 33.7 Å². The first-order chi connectivity index (χ1) is 8.82. The van der Waals surface area contributed by atoms with Crippen LogP contribution >= 0.6 is 15.9 Å². The Kier molecular flexibility index (Phi) is 5.60. The number of carbonyl (C=O) groups is 1. The van der Waals surface area contributed by atoms with Gasteiger partial charge in [0.05, 0.1) is 10.2 Å². The normalized spacial score (nSPS) is 10.8. The van der Waals surface area contributed by atoms with Crippen molar-refractivity contribution >= 4 is 27.5 Å². The van der Waals surface area contributed by atoms with Crippen molar-refractivity contribution in [1.82, 2.24) is 9.88 Å². The van der Waals surface area contributed by atoms with Gasteiger partial charge in [0, 0.05) is 12.7 Å². The Morgan fingerprint density at radius 3 is 2.74 bits per heavy atom. The number of hydrogen-bond donors (Lipinski definition) is 2. The zero-order valence-corrected chi connectivity index (χ0v) is 13.1. The third kappa shape index (κ3) is 4.38. The summed E-state index contributed by atoms with van der Waals surface area (Å²) in [5.74, 6) is 0.352. The van der Waals surface area contributed by atoms with Crippen molar-refractivity contribution in [2.24, 2.45) is 5.92 Å². The number of anilines is 1. The van der Waals surface area contributed by atoms with Gasteiger partial charge in [-0.25, -0.2) is 0 Å². The van der Waals surface area contributed by atoms with Gasteiger partial charge in [0.15, 0.2) is 0 Å². The van der Waals surface area contributed by atoms with Crippen molar-refractivity contribution in [1.29, 1.82) is 0 Å². The van der Waals surface area contributed by atoms with Crippen LogP contribution in [0, 0.1) is 12.8 Å². The molecule has 1 rings (SSSR count). The highest BCUT2D eigenvalue weighted by Gasteiger charge is 2.11. The number of nitrogen functional groups attached to an aromatic ring is 1. The standard InChI is InChI=1S/C13H20BrN3O2/c1-8(2)4-5-16-11(18)7-17-6-10(15)9(3)12(14)13(17)19/h6,8H,4-5,7,15H2,1-3H3,(H,16,18). The molecule has 0 bridgehead atoms. The third-order valence-electron chi connectivity index (χ3n) is 2.86. The highest BCUT2D eigenvalue weighted by molar-refractivity contribution is 9.10. The van der Waals surface area contributed by atoms with E-state index in [0.29, 0.717) is 28.2 Å². The summed E-state index contributed by atoms with van der Waals surface area (Å²) in [5, 5.41) is 2.79. The maximum Gasteiger partial charge on any atom is 0.265 e. The Bertz CT molecular complexity index is 523. The topological polar surface area (TPSA) is 77.1 Å². The lowest BCUT2D eigenvalue weighted by Crippen LogP contribution is -2.33. The summed E-state index contributed by atoms with van der Waals surface area (Å²) in [5.41, 5.74) is 6.72. The van der Waals surface area contributed by atoms with E-state index in [1.807, 2.05) is 0 Å². The summed E-state index contributed by atoms with van der Waals surface area (Å²) in [7, 11) is 0. The van der Waals surface area contributed by atoms with Crippen molar-refractivity contribution < 1.29 is 4.79 Å². The Hall–Kier alpha value is -1.30. The maximum absolute atomic E-state index is 11.9. The van der Waals surface area contributed by atoms with Gasteiger partial charge >= 0.3 is 0 Å². The average molecular weight is 330 g/mol. The van der Waals surface area contributed by atoms with Gasteiger partial charge in [0.1, 0.15) is 6.54 Å². The number of halogens is 1. The number of nitrogens with zero attached hydrogens (tertiary/aromatic N) is 1. The monoisotopic (exact) mass is 329 g/mol. The van der Waals surface area contributed by atoms with Gasteiger partial charge in [-0.15, -0.1) is 0 Å². The molecule has 106 valence electrons. The molecule has 1 aromatic heterocycles. The van der Waals surface area contributed by atoms with Gasteiger partial charge < -0.3 is 15.6 Å². The van der Waals surface area contributed by atoms with Crippen LogP contribution < -0.4 is 16.6 Å². The van der Waals surface area contributed by atoms with E-state index >= 15 is 0 Å². The molecule has 0 saturated carbocycles. The minimum Gasteiger partial charge on any atom is -0.397 e. The minimum atomic E-state index is -0.245. The average Bonchev–Trinajstić information content (AvgIpc) is 2.33. The first kappa shape index (κ1) is 15.8. The first-order valence-electron chi connectivity index (χ1n) is 6.24. The summed E-state index contributed by atoms with van der Waals surface area (Å²) in [4.78, 5) is 23.7. The molecule has 5 nitrogen and oxygen atoms in total. The van der Waals surface area contributed by atoms with E-state index in [-0.39, 0.29) is 18.0 Å². The summed E-state index contributed by atoms with van der Waals surface area (Å²) in [6, 6.07) is 0. The Balaban J connectivity index is 2.73. The fraction of sp³-hybridized carbons (Fsp3) is 0.538. The molecule has 0 radical (unpaired) electrons. The van der Waals surface area contributed by atoms with E-state index in [9.17, 15) is 9.59 Å². The van der Waals surface area contributed by atoms with Crippen molar-refractivity contribution in [3.8, 4) is 0 Å². The molecule has 0 unspecified atom stereocenters. The lowest BCUT2D eigenvalue weighted by atomic mass is 10.1. The molecule has 0 fully saturated rings. The summed E-state index contributed by atoms with van der Waals surface area (Å²) in [6.07, 6.45) is 2.42. The molecule has 1 amide bonds. The first-order valence-corrected chi connectivity index (χ1v) is 7.04. The third-order valence-corrected chi connectivity index (χ3v) is 3.80. The quantitative estimate of drug-likeness (QED) is 0.862. The molecule has 1 heterocycles. The van der Waals surface area contributed by atoms with Crippen molar-refractivity contribution in [3.05, 3.63) is 26.6 Å². The molecule has 0 saturated heterocycles. The van der Waals surface area contributed by atoms with Gasteiger partial charge in [0.2, 0.25) is 5.91 Å².